The Labute approximate surface area is 257 Å². The van der Waals surface area contributed by atoms with Crippen LogP contribution in [0.2, 0.25) is 0 Å². The third-order valence-electron chi connectivity index (χ3n) is 9.40. The first kappa shape index (κ1) is 32.2. The summed E-state index contributed by atoms with van der Waals surface area (Å²) in [4.78, 5) is 27.8. The number of hydrogen-bond acceptors (Lipinski definition) is 6. The van der Waals surface area contributed by atoms with Crippen molar-refractivity contribution in [2.24, 2.45) is 0 Å². The highest BCUT2D eigenvalue weighted by Crippen LogP contribution is 2.34. The molecule has 2 aromatic carbocycles. The number of alkyl halides is 1. The molecule has 1 atom stereocenters. The topological polar surface area (TPSA) is 119 Å². The van der Waals surface area contributed by atoms with Crippen LogP contribution >= 0.6 is 0 Å². The Bertz CT molecular complexity index is 1590. The molecule has 1 spiro atoms. The van der Waals surface area contributed by atoms with E-state index < -0.39 is 34.0 Å². The van der Waals surface area contributed by atoms with Crippen LogP contribution in [0.25, 0.3) is 6.08 Å². The largest absolute Gasteiger partial charge is 0.387 e. The summed E-state index contributed by atoms with van der Waals surface area (Å²) >= 11 is 0. The van der Waals surface area contributed by atoms with E-state index in [1.165, 1.54) is 21.9 Å². The number of nitrogens with one attached hydrogen (secondary N) is 2. The van der Waals surface area contributed by atoms with Crippen LogP contribution in [0.1, 0.15) is 75.6 Å². The minimum Gasteiger partial charge on any atom is -0.387 e. The molecule has 0 aromatic heterocycles. The van der Waals surface area contributed by atoms with Crippen molar-refractivity contribution in [3.63, 3.8) is 0 Å². The number of rotatable bonds is 6. The average molecular weight is 631 g/mol. The van der Waals surface area contributed by atoms with E-state index in [1.54, 1.807) is 36.9 Å². The van der Waals surface area contributed by atoms with Gasteiger partial charge >= 0.3 is 0 Å². The monoisotopic (exact) mass is 630 g/mol. The number of piperidine rings is 2. The number of halogens is 2. The molecule has 0 radical (unpaired) electrons. The van der Waals surface area contributed by atoms with Gasteiger partial charge in [-0.25, -0.2) is 17.2 Å². The van der Waals surface area contributed by atoms with E-state index in [0.717, 1.165) is 16.7 Å². The van der Waals surface area contributed by atoms with Crippen molar-refractivity contribution in [1.82, 2.24) is 19.8 Å². The molecule has 3 saturated heterocycles. The van der Waals surface area contributed by atoms with Crippen LogP contribution in [0.4, 0.5) is 8.78 Å². The van der Waals surface area contributed by atoms with Gasteiger partial charge in [0.1, 0.15) is 24.2 Å². The first-order valence-corrected chi connectivity index (χ1v) is 16.4. The van der Waals surface area contributed by atoms with Crippen molar-refractivity contribution >= 4 is 27.9 Å². The summed E-state index contributed by atoms with van der Waals surface area (Å²) in [6.07, 6.45) is 1.98. The number of aryl methyl sites for hydroxylation is 4. The Morgan fingerprint density at radius 1 is 0.977 bits per heavy atom. The Balaban J connectivity index is 1.24. The fraction of sp³-hybridized carbons (Fsp3) is 0.500. The van der Waals surface area contributed by atoms with Crippen LogP contribution in [0.3, 0.4) is 0 Å². The van der Waals surface area contributed by atoms with Crippen LogP contribution in [-0.4, -0.2) is 78.5 Å². The second-order valence-corrected chi connectivity index (χ2v) is 14.3. The van der Waals surface area contributed by atoms with Gasteiger partial charge in [-0.15, -0.1) is 0 Å². The van der Waals surface area contributed by atoms with Crippen molar-refractivity contribution in [1.29, 1.82) is 0 Å². The van der Waals surface area contributed by atoms with Crippen molar-refractivity contribution in [3.05, 3.63) is 74.4 Å². The van der Waals surface area contributed by atoms with Crippen LogP contribution in [0.15, 0.2) is 29.7 Å². The smallest absolute Gasteiger partial charge is 0.253 e. The van der Waals surface area contributed by atoms with Gasteiger partial charge in [-0.3, -0.25) is 14.9 Å². The van der Waals surface area contributed by atoms with Gasteiger partial charge in [0.25, 0.3) is 5.91 Å². The zero-order valence-electron chi connectivity index (χ0n) is 25.5. The molecule has 3 N–H and O–H groups in total. The zero-order chi connectivity index (χ0) is 32.0. The molecular weight excluding hydrogens is 590 g/mol. The van der Waals surface area contributed by atoms with Gasteiger partial charge in [0.05, 0.1) is 5.60 Å². The minimum atomic E-state index is -3.80. The van der Waals surface area contributed by atoms with Crippen molar-refractivity contribution < 1.29 is 31.9 Å². The fourth-order valence-corrected chi connectivity index (χ4v) is 7.63. The van der Waals surface area contributed by atoms with Crippen LogP contribution in [-0.2, 0) is 14.8 Å². The Morgan fingerprint density at radius 2 is 1.59 bits per heavy atom. The second-order valence-electron chi connectivity index (χ2n) is 12.5. The molecule has 0 saturated carbocycles. The molecule has 2 amide bonds. The summed E-state index contributed by atoms with van der Waals surface area (Å²) in [6, 6.07) is 6.60. The van der Waals surface area contributed by atoms with Crippen molar-refractivity contribution in [3.8, 4) is 0 Å². The standard InChI is InChI=1S/C32H40F2N4O5S/c1-20-15-24(29(39)37-10-6-31(41,19-33)7-11-37)16-21(2)25(20)5-14-44(42,43)38-12-8-32(9-13-38)30(40)35-28(36-32)26-17-23(4)27(34)18-22(26)3/h5,14-18,28,36,41H,6-13,19H2,1-4H3,(H,35,40)/b14-5+. The maximum absolute atomic E-state index is 14.0. The van der Waals surface area contributed by atoms with E-state index in [0.29, 0.717) is 22.3 Å². The van der Waals surface area contributed by atoms with Crippen LogP contribution in [0.5, 0.6) is 0 Å². The SMILES string of the molecule is Cc1cc(C2NC(=O)C3(CCN(S(=O)(=O)/C=C/c4c(C)cc(C(=O)N5CCC(O)(CF)CC5)cc4C)CC3)N2)c(C)cc1F. The lowest BCUT2D eigenvalue weighted by Gasteiger charge is -2.36. The number of amides is 2. The molecule has 0 aliphatic carbocycles. The molecule has 3 fully saturated rings. The van der Waals surface area contributed by atoms with Gasteiger partial charge in [-0.05, 0) is 117 Å². The molecule has 238 valence electrons. The number of carbonyl (C=O) groups excluding carboxylic acids is 2. The van der Waals surface area contributed by atoms with Crippen LogP contribution < -0.4 is 10.6 Å². The van der Waals surface area contributed by atoms with Gasteiger partial charge < -0.3 is 15.3 Å². The van der Waals surface area contributed by atoms with E-state index in [2.05, 4.69) is 10.6 Å². The van der Waals surface area contributed by atoms with Crippen molar-refractivity contribution in [2.75, 3.05) is 32.9 Å². The number of aliphatic hydroxyl groups is 1. The highest BCUT2D eigenvalue weighted by atomic mass is 32.2. The van der Waals surface area contributed by atoms with Gasteiger partial charge in [0.15, 0.2) is 0 Å². The van der Waals surface area contributed by atoms with E-state index >= 15 is 0 Å². The normalized spacial score (nSPS) is 22.1. The number of hydrogen-bond donors (Lipinski definition) is 3. The molecule has 1 unspecified atom stereocenters. The molecular formula is C32H40F2N4O5S. The van der Waals surface area contributed by atoms with Gasteiger partial charge in [0.2, 0.25) is 15.9 Å². The first-order chi connectivity index (χ1) is 20.7. The van der Waals surface area contributed by atoms with E-state index in [4.69, 9.17) is 0 Å². The number of sulfonamides is 1. The number of carbonyl (C=O) groups is 2. The Kier molecular flexibility index (Phi) is 8.75. The Morgan fingerprint density at radius 3 is 2.18 bits per heavy atom. The summed E-state index contributed by atoms with van der Waals surface area (Å²) in [5.41, 5.74) is 2.31. The minimum absolute atomic E-state index is 0.153. The van der Waals surface area contributed by atoms with Gasteiger partial charge in [-0.2, -0.15) is 4.31 Å². The second kappa shape index (κ2) is 12.0. The Hall–Kier alpha value is -3.19. The molecule has 12 heteroatoms. The zero-order valence-corrected chi connectivity index (χ0v) is 26.4. The lowest BCUT2D eigenvalue weighted by Crippen LogP contribution is -2.55. The molecule has 5 rings (SSSR count). The van der Waals surface area contributed by atoms with Gasteiger partial charge in [0, 0.05) is 37.2 Å². The summed E-state index contributed by atoms with van der Waals surface area (Å²) < 4.78 is 55.0. The highest BCUT2D eigenvalue weighted by molar-refractivity contribution is 7.92. The number of nitrogens with zero attached hydrogens (tertiary/aromatic N) is 2. The average Bonchev–Trinajstić information content (AvgIpc) is 3.29. The summed E-state index contributed by atoms with van der Waals surface area (Å²) in [5.74, 6) is -0.710. The number of benzene rings is 2. The number of likely N-dealkylation sites (tertiary alicyclic amines) is 1. The van der Waals surface area contributed by atoms with E-state index in [1.807, 2.05) is 13.8 Å². The third kappa shape index (κ3) is 6.17. The first-order valence-electron chi connectivity index (χ1n) is 14.9. The molecule has 44 heavy (non-hydrogen) atoms. The lowest BCUT2D eigenvalue weighted by atomic mass is 9.88. The summed E-state index contributed by atoms with van der Waals surface area (Å²) in [7, 11) is -3.80. The predicted octanol–water partition coefficient (Wildman–Crippen LogP) is 3.55. The maximum Gasteiger partial charge on any atom is 0.253 e. The molecule has 3 aliphatic heterocycles. The molecule has 0 bridgehead atoms. The molecule has 9 nitrogen and oxygen atoms in total. The molecule has 3 aliphatic rings. The third-order valence-corrected chi connectivity index (χ3v) is 11.0. The maximum atomic E-state index is 14.0. The van der Waals surface area contributed by atoms with Crippen LogP contribution in [0, 0.1) is 33.5 Å². The predicted molar refractivity (Wildman–Crippen MR) is 163 cm³/mol. The van der Waals surface area contributed by atoms with Gasteiger partial charge in [-0.1, -0.05) is 0 Å². The van der Waals surface area contributed by atoms with E-state index in [-0.39, 0.29) is 69.5 Å². The molecule has 3 heterocycles. The fourth-order valence-electron chi connectivity index (χ4n) is 6.45. The van der Waals surface area contributed by atoms with E-state index in [9.17, 15) is 31.9 Å². The lowest BCUT2D eigenvalue weighted by molar-refractivity contribution is -0.125. The highest BCUT2D eigenvalue weighted by Gasteiger charge is 2.49. The molecule has 2 aromatic rings. The summed E-state index contributed by atoms with van der Waals surface area (Å²) in [6.45, 7) is 7.08. The summed E-state index contributed by atoms with van der Waals surface area (Å²) in [5, 5.41) is 17.6. The quantitative estimate of drug-likeness (QED) is 0.450. The van der Waals surface area contributed by atoms with Crippen molar-refractivity contribution in [2.45, 2.75) is 70.7 Å².